The Kier molecular flexibility index (Phi) is 5.57. The molecule has 1 aromatic rings. The number of ether oxygens (including phenoxy) is 1. The van der Waals surface area contributed by atoms with E-state index in [1.165, 1.54) is 6.92 Å². The van der Waals surface area contributed by atoms with E-state index in [0.29, 0.717) is 13.2 Å². The smallest absolute Gasteiger partial charge is 0.239 e. The van der Waals surface area contributed by atoms with Crippen molar-refractivity contribution in [2.45, 2.75) is 25.8 Å². The van der Waals surface area contributed by atoms with Gasteiger partial charge in [0.1, 0.15) is 0 Å². The SMILES string of the molecule is CC(=O)Nc1ccc(NCC(=O)NC2CCOCC2)cc1. The molecule has 1 aliphatic heterocycles. The minimum atomic E-state index is -0.105. The van der Waals surface area contributed by atoms with Gasteiger partial charge < -0.3 is 20.7 Å². The van der Waals surface area contributed by atoms with Crippen molar-refractivity contribution in [3.8, 4) is 0 Å². The Labute approximate surface area is 124 Å². The van der Waals surface area contributed by atoms with E-state index in [2.05, 4.69) is 16.0 Å². The highest BCUT2D eigenvalue weighted by molar-refractivity contribution is 5.88. The summed E-state index contributed by atoms with van der Waals surface area (Å²) in [6.07, 6.45) is 1.74. The van der Waals surface area contributed by atoms with Crippen LogP contribution in [0.1, 0.15) is 19.8 Å². The van der Waals surface area contributed by atoms with Crippen LogP contribution >= 0.6 is 0 Å². The summed E-state index contributed by atoms with van der Waals surface area (Å²) in [7, 11) is 0. The Balaban J connectivity index is 1.74. The second kappa shape index (κ2) is 7.64. The summed E-state index contributed by atoms with van der Waals surface area (Å²) in [6, 6.07) is 7.45. The molecule has 6 nitrogen and oxygen atoms in total. The lowest BCUT2D eigenvalue weighted by atomic mass is 10.1. The first kappa shape index (κ1) is 15.3. The van der Waals surface area contributed by atoms with E-state index in [1.54, 1.807) is 12.1 Å². The molecule has 21 heavy (non-hydrogen) atoms. The molecule has 2 rings (SSSR count). The molecule has 3 N–H and O–H groups in total. The fourth-order valence-electron chi connectivity index (χ4n) is 2.18. The number of anilines is 2. The lowest BCUT2D eigenvalue weighted by Gasteiger charge is -2.23. The Morgan fingerprint density at radius 3 is 2.38 bits per heavy atom. The number of carbonyl (C=O) groups excluding carboxylic acids is 2. The maximum absolute atomic E-state index is 11.8. The van der Waals surface area contributed by atoms with Crippen molar-refractivity contribution in [1.82, 2.24) is 5.32 Å². The van der Waals surface area contributed by atoms with Crippen LogP contribution in [0.3, 0.4) is 0 Å². The molecule has 2 amide bonds. The van der Waals surface area contributed by atoms with Crippen LogP contribution < -0.4 is 16.0 Å². The predicted octanol–water partition coefficient (Wildman–Crippen LogP) is 1.35. The largest absolute Gasteiger partial charge is 0.381 e. The molecule has 1 aliphatic rings. The van der Waals surface area contributed by atoms with Crippen LogP contribution in [-0.4, -0.2) is 37.6 Å². The standard InChI is InChI=1S/C15H21N3O3/c1-11(19)17-13-4-2-12(3-5-13)16-10-15(20)18-14-6-8-21-9-7-14/h2-5,14,16H,6-10H2,1H3,(H,17,19)(H,18,20). The fourth-order valence-corrected chi connectivity index (χ4v) is 2.18. The zero-order valence-electron chi connectivity index (χ0n) is 12.1. The molecule has 1 saturated heterocycles. The van der Waals surface area contributed by atoms with Crippen molar-refractivity contribution in [1.29, 1.82) is 0 Å². The first-order valence-corrected chi connectivity index (χ1v) is 7.12. The van der Waals surface area contributed by atoms with Gasteiger partial charge in [0.25, 0.3) is 0 Å². The molecule has 1 aromatic carbocycles. The van der Waals surface area contributed by atoms with Gasteiger partial charge in [0.05, 0.1) is 6.54 Å². The van der Waals surface area contributed by atoms with Crippen molar-refractivity contribution in [2.75, 3.05) is 30.4 Å². The lowest BCUT2D eigenvalue weighted by Crippen LogP contribution is -2.41. The molecule has 1 heterocycles. The van der Waals surface area contributed by atoms with E-state index >= 15 is 0 Å². The molecule has 0 spiro atoms. The average Bonchev–Trinajstić information content (AvgIpc) is 2.47. The number of rotatable bonds is 5. The van der Waals surface area contributed by atoms with E-state index in [0.717, 1.165) is 24.2 Å². The van der Waals surface area contributed by atoms with Crippen molar-refractivity contribution < 1.29 is 14.3 Å². The molecule has 0 radical (unpaired) electrons. The van der Waals surface area contributed by atoms with Crippen LogP contribution in [0.15, 0.2) is 24.3 Å². The summed E-state index contributed by atoms with van der Waals surface area (Å²) in [6.45, 7) is 3.12. The highest BCUT2D eigenvalue weighted by atomic mass is 16.5. The summed E-state index contributed by atoms with van der Waals surface area (Å²) >= 11 is 0. The molecule has 6 heteroatoms. The Hall–Kier alpha value is -2.08. The molecule has 0 unspecified atom stereocenters. The van der Waals surface area contributed by atoms with Crippen LogP contribution in [0.4, 0.5) is 11.4 Å². The van der Waals surface area contributed by atoms with Crippen molar-refractivity contribution in [3.05, 3.63) is 24.3 Å². The zero-order chi connectivity index (χ0) is 15.1. The molecule has 0 aromatic heterocycles. The Morgan fingerprint density at radius 1 is 1.14 bits per heavy atom. The summed E-state index contributed by atoms with van der Waals surface area (Å²) in [5, 5.41) is 8.74. The van der Waals surface area contributed by atoms with Crippen LogP contribution in [0.25, 0.3) is 0 Å². The van der Waals surface area contributed by atoms with Crippen molar-refractivity contribution >= 4 is 23.2 Å². The first-order valence-electron chi connectivity index (χ1n) is 7.12. The van der Waals surface area contributed by atoms with Gasteiger partial charge in [0.2, 0.25) is 11.8 Å². The third-order valence-electron chi connectivity index (χ3n) is 3.24. The topological polar surface area (TPSA) is 79.5 Å². The molecule has 1 fully saturated rings. The van der Waals surface area contributed by atoms with E-state index < -0.39 is 0 Å². The number of amides is 2. The summed E-state index contributed by atoms with van der Waals surface area (Å²) in [4.78, 5) is 22.7. The second-order valence-electron chi connectivity index (χ2n) is 5.07. The average molecular weight is 291 g/mol. The normalized spacial score (nSPS) is 15.3. The zero-order valence-corrected chi connectivity index (χ0v) is 12.1. The number of carbonyl (C=O) groups is 2. The monoisotopic (exact) mass is 291 g/mol. The van der Waals surface area contributed by atoms with Crippen LogP contribution in [0, 0.1) is 0 Å². The van der Waals surface area contributed by atoms with E-state index in [1.807, 2.05) is 12.1 Å². The summed E-state index contributed by atoms with van der Waals surface area (Å²) in [5.41, 5.74) is 1.57. The molecule has 0 atom stereocenters. The van der Waals surface area contributed by atoms with E-state index in [9.17, 15) is 9.59 Å². The molecular weight excluding hydrogens is 270 g/mol. The van der Waals surface area contributed by atoms with Crippen LogP contribution in [0.5, 0.6) is 0 Å². The van der Waals surface area contributed by atoms with Crippen LogP contribution in [0.2, 0.25) is 0 Å². The third kappa shape index (κ3) is 5.43. The summed E-state index contributed by atoms with van der Waals surface area (Å²) in [5.74, 6) is -0.126. The highest BCUT2D eigenvalue weighted by Gasteiger charge is 2.15. The molecule has 0 bridgehead atoms. The number of nitrogens with one attached hydrogen (secondary N) is 3. The fraction of sp³-hybridized carbons (Fsp3) is 0.467. The van der Waals surface area contributed by atoms with Gasteiger partial charge in [-0.3, -0.25) is 9.59 Å². The van der Waals surface area contributed by atoms with Gasteiger partial charge in [-0.05, 0) is 37.1 Å². The maximum atomic E-state index is 11.8. The second-order valence-corrected chi connectivity index (χ2v) is 5.07. The van der Waals surface area contributed by atoms with Gasteiger partial charge in [0.15, 0.2) is 0 Å². The summed E-state index contributed by atoms with van der Waals surface area (Å²) < 4.78 is 5.25. The van der Waals surface area contributed by atoms with Gasteiger partial charge in [-0.2, -0.15) is 0 Å². The minimum absolute atomic E-state index is 0.0205. The lowest BCUT2D eigenvalue weighted by molar-refractivity contribution is -0.120. The van der Waals surface area contributed by atoms with E-state index in [-0.39, 0.29) is 24.4 Å². The molecule has 0 aliphatic carbocycles. The van der Waals surface area contributed by atoms with Gasteiger partial charge in [-0.25, -0.2) is 0 Å². The Bertz CT molecular complexity index is 481. The van der Waals surface area contributed by atoms with Gasteiger partial charge in [-0.1, -0.05) is 0 Å². The highest BCUT2D eigenvalue weighted by Crippen LogP contribution is 2.13. The van der Waals surface area contributed by atoms with Gasteiger partial charge in [0, 0.05) is 37.6 Å². The van der Waals surface area contributed by atoms with Crippen LogP contribution in [-0.2, 0) is 14.3 Å². The third-order valence-corrected chi connectivity index (χ3v) is 3.24. The molecule has 114 valence electrons. The number of hydrogen-bond acceptors (Lipinski definition) is 4. The number of hydrogen-bond donors (Lipinski definition) is 3. The van der Waals surface area contributed by atoms with Crippen molar-refractivity contribution in [2.24, 2.45) is 0 Å². The Morgan fingerprint density at radius 2 is 1.76 bits per heavy atom. The molecular formula is C15H21N3O3. The van der Waals surface area contributed by atoms with E-state index in [4.69, 9.17) is 4.74 Å². The minimum Gasteiger partial charge on any atom is -0.381 e. The van der Waals surface area contributed by atoms with Gasteiger partial charge >= 0.3 is 0 Å². The maximum Gasteiger partial charge on any atom is 0.239 e. The molecule has 0 saturated carbocycles. The first-order chi connectivity index (χ1) is 10.1. The number of benzene rings is 1. The quantitative estimate of drug-likeness (QED) is 0.765. The predicted molar refractivity (Wildman–Crippen MR) is 81.2 cm³/mol. The van der Waals surface area contributed by atoms with Gasteiger partial charge in [-0.15, -0.1) is 0 Å². The van der Waals surface area contributed by atoms with Crippen molar-refractivity contribution in [3.63, 3.8) is 0 Å².